The summed E-state index contributed by atoms with van der Waals surface area (Å²) in [6.45, 7) is 2.51. The lowest BCUT2D eigenvalue weighted by Gasteiger charge is -2.30. The first kappa shape index (κ1) is 18.2. The zero-order valence-corrected chi connectivity index (χ0v) is 15.4. The van der Waals surface area contributed by atoms with Crippen molar-refractivity contribution >= 4 is 15.9 Å². The van der Waals surface area contributed by atoms with Crippen LogP contribution in [0.1, 0.15) is 24.4 Å². The highest BCUT2D eigenvalue weighted by atomic mass is 32.2. The van der Waals surface area contributed by atoms with Crippen molar-refractivity contribution in [2.75, 3.05) is 19.3 Å². The van der Waals surface area contributed by atoms with Crippen LogP contribution in [0.15, 0.2) is 34.0 Å². The minimum absolute atomic E-state index is 0.0826. The molecule has 0 atom stereocenters. The second-order valence-corrected chi connectivity index (χ2v) is 8.60. The molecular weight excluding hydrogens is 358 g/mol. The normalized spacial score (nSPS) is 16.0. The molecule has 1 aliphatic heterocycles. The summed E-state index contributed by atoms with van der Waals surface area (Å²) in [6.07, 6.45) is 1.34. The molecule has 0 saturated carbocycles. The summed E-state index contributed by atoms with van der Waals surface area (Å²) < 4.78 is 24.7. The number of rotatable bonds is 3. The van der Waals surface area contributed by atoms with Crippen LogP contribution in [0.3, 0.4) is 0 Å². The monoisotopic (exact) mass is 379 g/mol. The first-order valence-electron chi connectivity index (χ1n) is 8.28. The molecule has 26 heavy (non-hydrogen) atoms. The lowest BCUT2D eigenvalue weighted by molar-refractivity contribution is 0.123. The van der Waals surface area contributed by atoms with Gasteiger partial charge in [-0.05, 0) is 37.5 Å². The van der Waals surface area contributed by atoms with E-state index in [1.807, 2.05) is 0 Å². The van der Waals surface area contributed by atoms with Crippen LogP contribution in [0, 0.1) is 6.92 Å². The SMILES string of the molecule is Cc1c(-c2ccc(S(C)(=O)=O)cc2)[nH]n(C2CCN(C(=O)O)CC2)c1=O. The van der Waals surface area contributed by atoms with E-state index >= 15 is 0 Å². The molecule has 3 rings (SSSR count). The van der Waals surface area contributed by atoms with Gasteiger partial charge in [-0.1, -0.05) is 12.1 Å². The maximum atomic E-state index is 12.6. The van der Waals surface area contributed by atoms with Crippen molar-refractivity contribution in [3.8, 4) is 11.3 Å². The molecule has 9 heteroatoms. The van der Waals surface area contributed by atoms with Crippen LogP contribution in [-0.4, -0.2) is 53.6 Å². The fourth-order valence-electron chi connectivity index (χ4n) is 3.26. The molecule has 140 valence electrons. The quantitative estimate of drug-likeness (QED) is 0.845. The Morgan fingerprint density at radius 3 is 2.27 bits per heavy atom. The summed E-state index contributed by atoms with van der Waals surface area (Å²) in [6, 6.07) is 6.30. The maximum Gasteiger partial charge on any atom is 0.407 e. The summed E-state index contributed by atoms with van der Waals surface area (Å²) in [5, 5.41) is 12.2. The van der Waals surface area contributed by atoms with Crippen LogP contribution >= 0.6 is 0 Å². The van der Waals surface area contributed by atoms with Crippen molar-refractivity contribution in [3.63, 3.8) is 0 Å². The molecule has 2 heterocycles. The van der Waals surface area contributed by atoms with Gasteiger partial charge in [0.05, 0.1) is 16.6 Å². The second-order valence-electron chi connectivity index (χ2n) is 6.58. The standard InChI is InChI=1S/C17H21N3O5S/c1-11-15(12-3-5-14(6-4-12)26(2,24)25)18-20(16(11)21)13-7-9-19(10-8-13)17(22)23/h3-6,13,18H,7-10H2,1-2H3,(H,22,23). The molecule has 2 aromatic rings. The molecule has 2 N–H and O–H groups in total. The number of amides is 1. The van der Waals surface area contributed by atoms with Gasteiger partial charge in [-0.2, -0.15) is 0 Å². The van der Waals surface area contributed by atoms with Crippen molar-refractivity contribution in [1.82, 2.24) is 14.7 Å². The number of aromatic amines is 1. The molecule has 1 aliphatic rings. The van der Waals surface area contributed by atoms with E-state index in [9.17, 15) is 18.0 Å². The van der Waals surface area contributed by atoms with E-state index < -0.39 is 15.9 Å². The largest absolute Gasteiger partial charge is 0.465 e. The molecule has 0 unspecified atom stereocenters. The zero-order chi connectivity index (χ0) is 19.1. The summed E-state index contributed by atoms with van der Waals surface area (Å²) in [4.78, 5) is 25.2. The number of hydrogen-bond acceptors (Lipinski definition) is 4. The maximum absolute atomic E-state index is 12.6. The van der Waals surface area contributed by atoms with Crippen LogP contribution in [-0.2, 0) is 9.84 Å². The first-order valence-corrected chi connectivity index (χ1v) is 10.2. The molecule has 1 aromatic heterocycles. The third-order valence-corrected chi connectivity index (χ3v) is 5.95. The third-order valence-electron chi connectivity index (χ3n) is 4.82. The molecule has 1 aromatic carbocycles. The summed E-state index contributed by atoms with van der Waals surface area (Å²) in [5.74, 6) is 0. The number of benzene rings is 1. The van der Waals surface area contributed by atoms with Gasteiger partial charge in [0.25, 0.3) is 5.56 Å². The van der Waals surface area contributed by atoms with Crippen LogP contribution in [0.5, 0.6) is 0 Å². The fourth-order valence-corrected chi connectivity index (χ4v) is 3.90. The minimum atomic E-state index is -3.27. The Morgan fingerprint density at radius 2 is 1.77 bits per heavy atom. The third kappa shape index (κ3) is 3.39. The van der Waals surface area contributed by atoms with Crippen molar-refractivity contribution in [3.05, 3.63) is 40.2 Å². The minimum Gasteiger partial charge on any atom is -0.465 e. The van der Waals surface area contributed by atoms with Crippen LogP contribution in [0.25, 0.3) is 11.3 Å². The van der Waals surface area contributed by atoms with Gasteiger partial charge in [0.1, 0.15) is 0 Å². The van der Waals surface area contributed by atoms with Gasteiger partial charge in [0, 0.05) is 24.9 Å². The molecule has 1 amide bonds. The number of carboxylic acid groups (broad SMARTS) is 1. The predicted molar refractivity (Wildman–Crippen MR) is 96.2 cm³/mol. The first-order chi connectivity index (χ1) is 12.2. The smallest absolute Gasteiger partial charge is 0.407 e. The second kappa shape index (κ2) is 6.64. The van der Waals surface area contributed by atoms with Gasteiger partial charge in [0.15, 0.2) is 9.84 Å². The van der Waals surface area contributed by atoms with Crippen molar-refractivity contribution in [1.29, 1.82) is 0 Å². The average Bonchev–Trinajstić information content (AvgIpc) is 2.90. The highest BCUT2D eigenvalue weighted by Crippen LogP contribution is 2.25. The van der Waals surface area contributed by atoms with Gasteiger partial charge in [-0.15, -0.1) is 0 Å². The number of nitrogens with zero attached hydrogens (tertiary/aromatic N) is 2. The van der Waals surface area contributed by atoms with Crippen LogP contribution in [0.4, 0.5) is 4.79 Å². The Bertz CT molecular complexity index is 980. The van der Waals surface area contributed by atoms with Crippen molar-refractivity contribution in [2.24, 2.45) is 0 Å². The van der Waals surface area contributed by atoms with Crippen molar-refractivity contribution in [2.45, 2.75) is 30.7 Å². The Balaban J connectivity index is 1.89. The molecule has 8 nitrogen and oxygen atoms in total. The number of aromatic nitrogens is 2. The Kier molecular flexibility index (Phi) is 4.66. The van der Waals surface area contributed by atoms with E-state index in [-0.39, 0.29) is 16.5 Å². The van der Waals surface area contributed by atoms with E-state index in [1.54, 1.807) is 23.7 Å². The van der Waals surface area contributed by atoms with Gasteiger partial charge < -0.3 is 10.0 Å². The van der Waals surface area contributed by atoms with Crippen molar-refractivity contribution < 1.29 is 18.3 Å². The highest BCUT2D eigenvalue weighted by molar-refractivity contribution is 7.90. The molecule has 0 aliphatic carbocycles. The molecular formula is C17H21N3O5S. The zero-order valence-electron chi connectivity index (χ0n) is 14.6. The molecule has 1 fully saturated rings. The fraction of sp³-hybridized carbons (Fsp3) is 0.412. The van der Waals surface area contributed by atoms with Gasteiger partial charge in [0.2, 0.25) is 0 Å². The van der Waals surface area contributed by atoms with E-state index in [0.29, 0.717) is 37.2 Å². The number of H-pyrrole nitrogens is 1. The number of carbonyl (C=O) groups is 1. The van der Waals surface area contributed by atoms with E-state index in [2.05, 4.69) is 5.10 Å². The predicted octanol–water partition coefficient (Wildman–Crippen LogP) is 1.87. The van der Waals surface area contributed by atoms with Gasteiger partial charge >= 0.3 is 6.09 Å². The number of hydrogen-bond donors (Lipinski definition) is 2. The van der Waals surface area contributed by atoms with E-state index in [4.69, 9.17) is 5.11 Å². The van der Waals surface area contributed by atoms with E-state index in [0.717, 1.165) is 11.8 Å². The Hall–Kier alpha value is -2.55. The topological polar surface area (TPSA) is 112 Å². The van der Waals surface area contributed by atoms with Crippen LogP contribution < -0.4 is 5.56 Å². The molecule has 0 radical (unpaired) electrons. The lowest BCUT2D eigenvalue weighted by atomic mass is 10.1. The number of likely N-dealkylation sites (tertiary alicyclic amines) is 1. The number of sulfone groups is 1. The summed E-state index contributed by atoms with van der Waals surface area (Å²) in [5.41, 5.74) is 1.79. The molecule has 0 spiro atoms. The van der Waals surface area contributed by atoms with Crippen LogP contribution in [0.2, 0.25) is 0 Å². The molecule has 0 bridgehead atoms. The Morgan fingerprint density at radius 1 is 1.19 bits per heavy atom. The Labute approximate surface area is 151 Å². The molecule has 1 saturated heterocycles. The summed E-state index contributed by atoms with van der Waals surface area (Å²) >= 11 is 0. The lowest BCUT2D eigenvalue weighted by Crippen LogP contribution is -2.40. The number of nitrogens with one attached hydrogen (secondary N) is 1. The van der Waals surface area contributed by atoms with Gasteiger partial charge in [-0.3, -0.25) is 9.89 Å². The highest BCUT2D eigenvalue weighted by Gasteiger charge is 2.26. The van der Waals surface area contributed by atoms with Gasteiger partial charge in [-0.25, -0.2) is 17.9 Å². The average molecular weight is 379 g/mol. The van der Waals surface area contributed by atoms with E-state index in [1.165, 1.54) is 17.0 Å². The summed E-state index contributed by atoms with van der Waals surface area (Å²) in [7, 11) is -3.27. The number of piperidine rings is 1.